The normalized spacial score (nSPS) is 11.3. The summed E-state index contributed by atoms with van der Waals surface area (Å²) in [5.74, 6) is -0.542. The Morgan fingerprint density at radius 3 is 2.67 bits per heavy atom. The maximum Gasteiger partial charge on any atom is 0.412 e. The lowest BCUT2D eigenvalue weighted by Gasteiger charge is -2.19. The molecule has 1 N–H and O–H groups in total. The SMILES string of the molecule is Cc1nc(-c2ccc(F)nc2)sc1NC(=O)OC(C)(C)C. The first-order valence-electron chi connectivity index (χ1n) is 6.34. The van der Waals surface area contributed by atoms with Gasteiger partial charge in [-0.15, -0.1) is 0 Å². The van der Waals surface area contributed by atoms with E-state index < -0.39 is 17.6 Å². The van der Waals surface area contributed by atoms with Crippen LogP contribution in [0.3, 0.4) is 0 Å². The van der Waals surface area contributed by atoms with Gasteiger partial charge in [-0.1, -0.05) is 11.3 Å². The van der Waals surface area contributed by atoms with Crippen LogP contribution in [0, 0.1) is 12.9 Å². The van der Waals surface area contributed by atoms with Crippen LogP contribution in [0.1, 0.15) is 26.5 Å². The van der Waals surface area contributed by atoms with Gasteiger partial charge in [-0.3, -0.25) is 5.32 Å². The summed E-state index contributed by atoms with van der Waals surface area (Å²) >= 11 is 1.29. The Bertz CT molecular complexity index is 647. The zero-order chi connectivity index (χ0) is 15.6. The van der Waals surface area contributed by atoms with Crippen LogP contribution in [0.2, 0.25) is 0 Å². The fourth-order valence-corrected chi connectivity index (χ4v) is 2.48. The number of anilines is 1. The molecule has 0 spiro atoms. The van der Waals surface area contributed by atoms with Crippen molar-refractivity contribution in [2.45, 2.75) is 33.3 Å². The van der Waals surface area contributed by atoms with Gasteiger partial charge in [0.1, 0.15) is 15.6 Å². The smallest absolute Gasteiger partial charge is 0.412 e. The average molecular weight is 309 g/mol. The van der Waals surface area contributed by atoms with Crippen molar-refractivity contribution < 1.29 is 13.9 Å². The summed E-state index contributed by atoms with van der Waals surface area (Å²) in [7, 11) is 0. The molecule has 2 heterocycles. The molecule has 2 aromatic heterocycles. The fourth-order valence-electron chi connectivity index (χ4n) is 1.53. The maximum absolute atomic E-state index is 12.8. The fraction of sp³-hybridized carbons (Fsp3) is 0.357. The summed E-state index contributed by atoms with van der Waals surface area (Å²) in [6.07, 6.45) is 0.878. The van der Waals surface area contributed by atoms with Crippen LogP contribution in [0.4, 0.5) is 14.2 Å². The van der Waals surface area contributed by atoms with Gasteiger partial charge in [0.15, 0.2) is 0 Å². The Labute approximate surface area is 126 Å². The first kappa shape index (κ1) is 15.4. The van der Waals surface area contributed by atoms with Crippen molar-refractivity contribution in [2.75, 3.05) is 5.32 Å². The minimum atomic E-state index is -0.563. The summed E-state index contributed by atoms with van der Waals surface area (Å²) in [6, 6.07) is 2.87. The van der Waals surface area contributed by atoms with Crippen LogP contribution < -0.4 is 5.32 Å². The number of ether oxygens (including phenoxy) is 1. The molecule has 0 saturated carbocycles. The van der Waals surface area contributed by atoms with Gasteiger partial charge in [0, 0.05) is 11.8 Å². The third-order valence-corrected chi connectivity index (χ3v) is 3.51. The number of carbonyl (C=O) groups is 1. The molecule has 2 rings (SSSR count). The second-order valence-electron chi connectivity index (χ2n) is 5.43. The van der Waals surface area contributed by atoms with Gasteiger partial charge >= 0.3 is 6.09 Å². The number of halogens is 1. The predicted octanol–water partition coefficient (Wildman–Crippen LogP) is 4.00. The molecule has 0 radical (unpaired) electrons. The summed E-state index contributed by atoms with van der Waals surface area (Å²) in [6.45, 7) is 7.16. The van der Waals surface area contributed by atoms with Crippen LogP contribution in [0.25, 0.3) is 10.6 Å². The van der Waals surface area contributed by atoms with Crippen molar-refractivity contribution in [3.05, 3.63) is 30.0 Å². The van der Waals surface area contributed by atoms with Crippen LogP contribution in [-0.2, 0) is 4.74 Å². The van der Waals surface area contributed by atoms with E-state index in [9.17, 15) is 9.18 Å². The molecule has 1 amide bonds. The lowest BCUT2D eigenvalue weighted by Crippen LogP contribution is -2.27. The average Bonchev–Trinajstić information content (AvgIpc) is 2.69. The van der Waals surface area contributed by atoms with E-state index in [2.05, 4.69) is 15.3 Å². The highest BCUT2D eigenvalue weighted by molar-refractivity contribution is 7.19. The standard InChI is InChI=1S/C14H16FN3O2S/c1-8-11(18-13(19)20-14(2,3)4)21-12(17-8)9-5-6-10(15)16-7-9/h5-7H,1-4H3,(H,18,19). The number of amides is 1. The van der Waals surface area contributed by atoms with E-state index in [1.165, 1.54) is 23.6 Å². The quantitative estimate of drug-likeness (QED) is 0.852. The number of aryl methyl sites for hydroxylation is 1. The summed E-state index contributed by atoms with van der Waals surface area (Å²) in [4.78, 5) is 19.7. The topological polar surface area (TPSA) is 64.1 Å². The van der Waals surface area contributed by atoms with E-state index in [4.69, 9.17) is 4.74 Å². The number of hydrogen-bond acceptors (Lipinski definition) is 5. The van der Waals surface area contributed by atoms with E-state index >= 15 is 0 Å². The second kappa shape index (κ2) is 5.77. The number of rotatable bonds is 2. The zero-order valence-electron chi connectivity index (χ0n) is 12.2. The molecular formula is C14H16FN3O2S. The Morgan fingerprint density at radius 2 is 2.10 bits per heavy atom. The van der Waals surface area contributed by atoms with Gasteiger partial charge in [-0.2, -0.15) is 4.39 Å². The second-order valence-corrected chi connectivity index (χ2v) is 6.43. The first-order valence-corrected chi connectivity index (χ1v) is 7.15. The lowest BCUT2D eigenvalue weighted by atomic mass is 10.2. The van der Waals surface area contributed by atoms with Gasteiger partial charge in [0.25, 0.3) is 0 Å². The molecule has 5 nitrogen and oxygen atoms in total. The van der Waals surface area contributed by atoms with Crippen molar-refractivity contribution in [2.24, 2.45) is 0 Å². The zero-order valence-corrected chi connectivity index (χ0v) is 13.0. The Morgan fingerprint density at radius 1 is 1.38 bits per heavy atom. The largest absolute Gasteiger partial charge is 0.444 e. The monoisotopic (exact) mass is 309 g/mol. The van der Waals surface area contributed by atoms with Crippen LogP contribution in [0.5, 0.6) is 0 Å². The molecule has 0 aliphatic rings. The van der Waals surface area contributed by atoms with Crippen LogP contribution in [0.15, 0.2) is 18.3 Å². The minimum absolute atomic E-state index is 0.530. The van der Waals surface area contributed by atoms with Crippen LogP contribution >= 0.6 is 11.3 Å². The number of nitrogens with one attached hydrogen (secondary N) is 1. The third-order valence-electron chi connectivity index (χ3n) is 2.39. The molecule has 21 heavy (non-hydrogen) atoms. The summed E-state index contributed by atoms with van der Waals surface area (Å²) in [5, 5.41) is 3.93. The molecule has 0 bridgehead atoms. The van der Waals surface area contributed by atoms with Crippen LogP contribution in [-0.4, -0.2) is 21.7 Å². The third kappa shape index (κ3) is 4.22. The molecule has 2 aromatic rings. The van der Waals surface area contributed by atoms with Crippen molar-refractivity contribution in [1.82, 2.24) is 9.97 Å². The molecule has 0 saturated heterocycles. The maximum atomic E-state index is 12.8. The summed E-state index contributed by atoms with van der Waals surface area (Å²) in [5.41, 5.74) is 0.804. The highest BCUT2D eigenvalue weighted by Crippen LogP contribution is 2.31. The molecule has 0 aliphatic heterocycles. The number of carbonyl (C=O) groups excluding carboxylic acids is 1. The van der Waals surface area contributed by atoms with Crippen molar-refractivity contribution in [3.8, 4) is 10.6 Å². The minimum Gasteiger partial charge on any atom is -0.444 e. The molecule has 0 aliphatic carbocycles. The van der Waals surface area contributed by atoms with E-state index in [-0.39, 0.29) is 0 Å². The number of nitrogens with zero attached hydrogens (tertiary/aromatic N) is 2. The van der Waals surface area contributed by atoms with Gasteiger partial charge in [-0.05, 0) is 39.8 Å². The van der Waals surface area contributed by atoms with E-state index in [0.717, 1.165) is 0 Å². The molecular weight excluding hydrogens is 293 g/mol. The number of pyridine rings is 1. The van der Waals surface area contributed by atoms with Gasteiger partial charge in [-0.25, -0.2) is 14.8 Å². The number of thiazole rings is 1. The molecule has 0 aromatic carbocycles. The Kier molecular flexibility index (Phi) is 4.22. The van der Waals surface area contributed by atoms with E-state index in [0.29, 0.717) is 21.3 Å². The highest BCUT2D eigenvalue weighted by Gasteiger charge is 2.18. The van der Waals surface area contributed by atoms with Crippen molar-refractivity contribution in [3.63, 3.8) is 0 Å². The lowest BCUT2D eigenvalue weighted by molar-refractivity contribution is 0.0636. The molecule has 0 atom stereocenters. The van der Waals surface area contributed by atoms with Gasteiger partial charge in [0.2, 0.25) is 5.95 Å². The van der Waals surface area contributed by atoms with Crippen molar-refractivity contribution in [1.29, 1.82) is 0 Å². The van der Waals surface area contributed by atoms with Gasteiger partial charge in [0.05, 0.1) is 5.69 Å². The number of hydrogen-bond donors (Lipinski definition) is 1. The molecule has 0 unspecified atom stereocenters. The molecule has 112 valence electrons. The van der Waals surface area contributed by atoms with E-state index in [1.807, 2.05) is 0 Å². The molecule has 0 fully saturated rings. The highest BCUT2D eigenvalue weighted by atomic mass is 32.1. The van der Waals surface area contributed by atoms with Crippen molar-refractivity contribution >= 4 is 22.4 Å². The van der Waals surface area contributed by atoms with Gasteiger partial charge < -0.3 is 4.74 Å². The van der Waals surface area contributed by atoms with E-state index in [1.54, 1.807) is 33.8 Å². The number of aromatic nitrogens is 2. The first-order chi connectivity index (χ1) is 9.74. The Hall–Kier alpha value is -2.02. The predicted molar refractivity (Wildman–Crippen MR) is 79.9 cm³/mol. The Balaban J connectivity index is 2.16. The molecule has 7 heteroatoms. The summed E-state index contributed by atoms with van der Waals surface area (Å²) < 4.78 is 18.0.